The number of nitro groups is 1. The molecule has 1 heterocycles. The molecule has 2 aromatic rings. The Morgan fingerprint density at radius 2 is 1.93 bits per heavy atom. The number of nitrogens with zero attached hydrogens (tertiary/aromatic N) is 3. The molecule has 0 saturated carbocycles. The first-order valence-corrected chi connectivity index (χ1v) is 7.82. The number of alkyl halides is 5. The molecule has 0 aliphatic rings. The van der Waals surface area contributed by atoms with Crippen LogP contribution in [-0.2, 0) is 17.2 Å². The summed E-state index contributed by atoms with van der Waals surface area (Å²) in [5.74, 6) is -6.74. The first-order valence-electron chi connectivity index (χ1n) is 7.82. The van der Waals surface area contributed by atoms with E-state index in [1.165, 1.54) is 32.0 Å². The second-order valence-electron chi connectivity index (χ2n) is 5.76. The standard InChI is InChI=1S/C16H14F5N3O4/c1-3-28-14(25)11-8-23(22-13(11)15(17,18)16(19,20)21)7-10-4-5-12(24(26)27)9(2)6-10/h4-6,8H,3,7H2,1-2H3. The number of halogens is 5. The lowest BCUT2D eigenvalue weighted by Gasteiger charge is -2.18. The molecule has 0 spiro atoms. The smallest absolute Gasteiger partial charge is 0.459 e. The van der Waals surface area contributed by atoms with Gasteiger partial charge >= 0.3 is 18.1 Å². The minimum Gasteiger partial charge on any atom is -0.462 e. The number of aromatic nitrogens is 2. The Balaban J connectivity index is 2.46. The number of hydrogen-bond donors (Lipinski definition) is 0. The van der Waals surface area contributed by atoms with E-state index in [1.54, 1.807) is 0 Å². The van der Waals surface area contributed by atoms with E-state index in [0.29, 0.717) is 5.56 Å². The molecule has 0 N–H and O–H groups in total. The second-order valence-corrected chi connectivity index (χ2v) is 5.76. The number of carbonyl (C=O) groups is 1. The molecule has 28 heavy (non-hydrogen) atoms. The van der Waals surface area contributed by atoms with E-state index >= 15 is 0 Å². The van der Waals surface area contributed by atoms with Crippen molar-refractivity contribution in [2.24, 2.45) is 0 Å². The molecule has 0 saturated heterocycles. The van der Waals surface area contributed by atoms with Gasteiger partial charge in [0, 0.05) is 17.8 Å². The van der Waals surface area contributed by atoms with Crippen LogP contribution in [0.3, 0.4) is 0 Å². The van der Waals surface area contributed by atoms with E-state index in [2.05, 4.69) is 9.84 Å². The van der Waals surface area contributed by atoms with E-state index in [-0.39, 0.29) is 24.4 Å². The Labute approximate surface area is 154 Å². The van der Waals surface area contributed by atoms with Crippen molar-refractivity contribution >= 4 is 11.7 Å². The first kappa shape index (κ1) is 21.3. The molecule has 0 bridgehead atoms. The fraction of sp³-hybridized carbons (Fsp3) is 0.375. The highest BCUT2D eigenvalue weighted by molar-refractivity contribution is 5.90. The van der Waals surface area contributed by atoms with Gasteiger partial charge in [0.05, 0.1) is 18.1 Å². The Morgan fingerprint density at radius 1 is 1.29 bits per heavy atom. The van der Waals surface area contributed by atoms with Crippen molar-refractivity contribution in [2.75, 3.05) is 6.61 Å². The largest absolute Gasteiger partial charge is 0.462 e. The summed E-state index contributed by atoms with van der Waals surface area (Å²) in [7, 11) is 0. The molecule has 0 atom stereocenters. The Kier molecular flexibility index (Phi) is 5.71. The van der Waals surface area contributed by atoms with Gasteiger partial charge in [-0.25, -0.2) is 4.79 Å². The van der Waals surface area contributed by atoms with Crippen LogP contribution in [0.25, 0.3) is 0 Å². The highest BCUT2D eigenvalue weighted by Crippen LogP contribution is 2.44. The van der Waals surface area contributed by atoms with Crippen LogP contribution in [0.1, 0.15) is 34.1 Å². The number of benzene rings is 1. The minimum atomic E-state index is -5.96. The fourth-order valence-corrected chi connectivity index (χ4v) is 2.43. The maximum Gasteiger partial charge on any atom is 0.459 e. The number of ether oxygens (including phenoxy) is 1. The number of aryl methyl sites for hydroxylation is 1. The van der Waals surface area contributed by atoms with Crippen molar-refractivity contribution < 1.29 is 36.4 Å². The van der Waals surface area contributed by atoms with Gasteiger partial charge < -0.3 is 4.74 Å². The molecule has 0 aliphatic heterocycles. The number of rotatable bonds is 6. The quantitative estimate of drug-likeness (QED) is 0.313. The van der Waals surface area contributed by atoms with Gasteiger partial charge in [0.2, 0.25) is 0 Å². The van der Waals surface area contributed by atoms with Gasteiger partial charge in [0.1, 0.15) is 5.56 Å². The van der Waals surface area contributed by atoms with Crippen molar-refractivity contribution in [1.82, 2.24) is 9.78 Å². The van der Waals surface area contributed by atoms with Gasteiger partial charge in [-0.3, -0.25) is 14.8 Å². The molecule has 2 rings (SSSR count). The van der Waals surface area contributed by atoms with Crippen LogP contribution in [0, 0.1) is 17.0 Å². The summed E-state index contributed by atoms with van der Waals surface area (Å²) in [6.45, 7) is 2.28. The van der Waals surface area contributed by atoms with Crippen molar-refractivity contribution in [2.45, 2.75) is 32.5 Å². The maximum atomic E-state index is 13.8. The van der Waals surface area contributed by atoms with Crippen molar-refractivity contribution in [1.29, 1.82) is 0 Å². The molecule has 7 nitrogen and oxygen atoms in total. The zero-order valence-electron chi connectivity index (χ0n) is 14.6. The summed E-state index contributed by atoms with van der Waals surface area (Å²) in [5, 5.41) is 14.1. The molecule has 0 fully saturated rings. The van der Waals surface area contributed by atoms with Crippen molar-refractivity contribution in [3.8, 4) is 0 Å². The van der Waals surface area contributed by atoms with Crippen molar-refractivity contribution in [3.05, 3.63) is 56.9 Å². The fourth-order valence-electron chi connectivity index (χ4n) is 2.43. The predicted octanol–water partition coefficient (Wildman–Crippen LogP) is 3.98. The van der Waals surface area contributed by atoms with Gasteiger partial charge in [-0.05, 0) is 25.5 Å². The van der Waals surface area contributed by atoms with Gasteiger partial charge in [-0.15, -0.1) is 0 Å². The van der Waals surface area contributed by atoms with E-state index in [0.717, 1.165) is 10.9 Å². The van der Waals surface area contributed by atoms with Gasteiger partial charge in [-0.1, -0.05) is 6.07 Å². The van der Waals surface area contributed by atoms with Gasteiger partial charge in [0.25, 0.3) is 5.69 Å². The third-order valence-electron chi connectivity index (χ3n) is 3.71. The lowest BCUT2D eigenvalue weighted by Crippen LogP contribution is -2.35. The second kappa shape index (κ2) is 7.52. The van der Waals surface area contributed by atoms with Crippen LogP contribution in [0.5, 0.6) is 0 Å². The minimum absolute atomic E-state index is 0.180. The van der Waals surface area contributed by atoms with Crippen LogP contribution >= 0.6 is 0 Å². The summed E-state index contributed by atoms with van der Waals surface area (Å²) in [6, 6.07) is 3.84. The third kappa shape index (κ3) is 4.10. The Morgan fingerprint density at radius 3 is 2.43 bits per heavy atom. The molecule has 152 valence electrons. The topological polar surface area (TPSA) is 87.3 Å². The normalized spacial score (nSPS) is 12.1. The Bertz CT molecular complexity index is 908. The van der Waals surface area contributed by atoms with E-state index in [4.69, 9.17) is 0 Å². The molecule has 1 aromatic carbocycles. The van der Waals surface area contributed by atoms with Crippen LogP contribution in [0.4, 0.5) is 27.6 Å². The summed E-state index contributed by atoms with van der Waals surface area (Å²) >= 11 is 0. The van der Waals surface area contributed by atoms with E-state index in [1.807, 2.05) is 0 Å². The van der Waals surface area contributed by atoms with E-state index < -0.39 is 34.2 Å². The monoisotopic (exact) mass is 407 g/mol. The number of hydrogen-bond acceptors (Lipinski definition) is 5. The molecule has 0 radical (unpaired) electrons. The van der Waals surface area contributed by atoms with E-state index in [9.17, 15) is 36.9 Å². The first-order chi connectivity index (χ1) is 12.9. The van der Waals surface area contributed by atoms with Gasteiger partial charge in [-0.2, -0.15) is 27.1 Å². The molecular weight excluding hydrogens is 393 g/mol. The highest BCUT2D eigenvalue weighted by Gasteiger charge is 2.62. The molecular formula is C16H14F5N3O4. The van der Waals surface area contributed by atoms with Crippen molar-refractivity contribution in [3.63, 3.8) is 0 Å². The van der Waals surface area contributed by atoms with Gasteiger partial charge in [0.15, 0.2) is 5.69 Å². The van der Waals surface area contributed by atoms with Crippen LogP contribution in [0.2, 0.25) is 0 Å². The summed E-state index contributed by atoms with van der Waals surface area (Å²) < 4.78 is 71.1. The molecule has 12 heteroatoms. The molecule has 0 amide bonds. The molecule has 0 aliphatic carbocycles. The third-order valence-corrected chi connectivity index (χ3v) is 3.71. The number of carbonyl (C=O) groups excluding carboxylic acids is 1. The Hall–Kier alpha value is -3.05. The number of nitro benzene ring substituents is 1. The zero-order valence-corrected chi connectivity index (χ0v) is 14.6. The lowest BCUT2D eigenvalue weighted by atomic mass is 10.1. The maximum absolute atomic E-state index is 13.8. The van der Waals surface area contributed by atoms with Crippen LogP contribution < -0.4 is 0 Å². The molecule has 1 aromatic heterocycles. The predicted molar refractivity (Wildman–Crippen MR) is 85.1 cm³/mol. The van der Waals surface area contributed by atoms with Crippen LogP contribution in [-0.4, -0.2) is 33.5 Å². The summed E-state index contributed by atoms with van der Waals surface area (Å²) in [4.78, 5) is 22.0. The average molecular weight is 407 g/mol. The lowest BCUT2D eigenvalue weighted by molar-refractivity contribution is -0.385. The summed E-state index contributed by atoms with van der Waals surface area (Å²) in [6.07, 6.45) is -5.24. The summed E-state index contributed by atoms with van der Waals surface area (Å²) in [5.41, 5.74) is -2.34. The number of esters is 1. The van der Waals surface area contributed by atoms with Crippen LogP contribution in [0.15, 0.2) is 24.4 Å². The average Bonchev–Trinajstić information content (AvgIpc) is 2.98. The molecule has 0 unspecified atom stereocenters. The zero-order chi connectivity index (χ0) is 21.3. The SMILES string of the molecule is CCOC(=O)c1cn(Cc2ccc([N+](=O)[O-])c(C)c2)nc1C(F)(F)C(F)(F)F. The highest BCUT2D eigenvalue weighted by atomic mass is 19.4.